The molecule has 2 aromatic carbocycles. The SMILES string of the molecule is c1ccc(N2CN=NN2c2ccccc2)cc1. The van der Waals surface area contributed by atoms with Crippen molar-refractivity contribution in [2.24, 2.45) is 10.3 Å². The van der Waals surface area contributed by atoms with E-state index in [0.29, 0.717) is 6.67 Å². The fourth-order valence-corrected chi connectivity index (χ4v) is 1.80. The molecule has 0 fully saturated rings. The first-order chi connectivity index (χ1) is 8.45. The van der Waals surface area contributed by atoms with Gasteiger partial charge in [-0.3, -0.25) is 0 Å². The molecular weight excluding hydrogens is 212 g/mol. The second-order valence-electron chi connectivity index (χ2n) is 3.73. The van der Waals surface area contributed by atoms with Gasteiger partial charge in [0.2, 0.25) is 0 Å². The van der Waals surface area contributed by atoms with Crippen molar-refractivity contribution in [3.8, 4) is 0 Å². The molecule has 1 aliphatic heterocycles. The van der Waals surface area contributed by atoms with E-state index < -0.39 is 0 Å². The van der Waals surface area contributed by atoms with Gasteiger partial charge in [0.15, 0.2) is 6.67 Å². The van der Waals surface area contributed by atoms with Crippen LogP contribution in [0.2, 0.25) is 0 Å². The third kappa shape index (κ3) is 1.85. The van der Waals surface area contributed by atoms with Crippen LogP contribution in [0.1, 0.15) is 0 Å². The number of para-hydroxylation sites is 2. The summed E-state index contributed by atoms with van der Waals surface area (Å²) < 4.78 is 0. The van der Waals surface area contributed by atoms with E-state index in [1.54, 1.807) is 0 Å². The summed E-state index contributed by atoms with van der Waals surface area (Å²) in [6.07, 6.45) is 0. The summed E-state index contributed by atoms with van der Waals surface area (Å²) in [7, 11) is 0. The van der Waals surface area contributed by atoms with Gasteiger partial charge in [-0.05, 0) is 29.5 Å². The maximum Gasteiger partial charge on any atom is 0.154 e. The highest BCUT2D eigenvalue weighted by molar-refractivity contribution is 5.57. The van der Waals surface area contributed by atoms with Crippen LogP contribution >= 0.6 is 0 Å². The Morgan fingerprint density at radius 1 is 0.765 bits per heavy atom. The average Bonchev–Trinajstić information content (AvgIpc) is 2.90. The quantitative estimate of drug-likeness (QED) is 0.784. The second-order valence-corrected chi connectivity index (χ2v) is 3.73. The minimum atomic E-state index is 0.554. The standard InChI is InChI=1S/C13H12N4/c1-3-7-12(8-4-1)16-11-14-15-17(16)13-9-5-2-6-10-13/h1-10H,11H2. The van der Waals surface area contributed by atoms with Gasteiger partial charge in [0.1, 0.15) is 0 Å². The molecule has 2 aromatic rings. The van der Waals surface area contributed by atoms with Crippen LogP contribution in [0.25, 0.3) is 0 Å². The van der Waals surface area contributed by atoms with Crippen molar-refractivity contribution in [2.75, 3.05) is 16.8 Å². The molecule has 0 unspecified atom stereocenters. The van der Waals surface area contributed by atoms with Gasteiger partial charge in [-0.25, -0.2) is 5.01 Å². The molecule has 0 atom stereocenters. The molecule has 0 N–H and O–H groups in total. The van der Waals surface area contributed by atoms with E-state index in [1.807, 2.05) is 70.8 Å². The first-order valence-corrected chi connectivity index (χ1v) is 5.50. The lowest BCUT2D eigenvalue weighted by Gasteiger charge is -2.26. The lowest BCUT2D eigenvalue weighted by Crippen LogP contribution is -2.34. The molecule has 0 amide bonds. The topological polar surface area (TPSA) is 31.2 Å². The Morgan fingerprint density at radius 2 is 1.35 bits per heavy atom. The van der Waals surface area contributed by atoms with Crippen LogP contribution in [-0.4, -0.2) is 6.67 Å². The lowest BCUT2D eigenvalue weighted by molar-refractivity contribution is 0.852. The third-order valence-corrected chi connectivity index (χ3v) is 2.62. The predicted octanol–water partition coefficient (Wildman–Crippen LogP) is 3.25. The van der Waals surface area contributed by atoms with Crippen LogP contribution in [0.5, 0.6) is 0 Å². The molecule has 1 heterocycles. The molecule has 0 spiro atoms. The lowest BCUT2D eigenvalue weighted by atomic mass is 10.3. The van der Waals surface area contributed by atoms with Crippen LogP contribution in [0, 0.1) is 0 Å². The molecule has 1 aliphatic rings. The molecule has 0 saturated heterocycles. The van der Waals surface area contributed by atoms with Gasteiger partial charge in [-0.2, -0.15) is 5.12 Å². The van der Waals surface area contributed by atoms with Crippen LogP contribution in [-0.2, 0) is 0 Å². The van der Waals surface area contributed by atoms with Gasteiger partial charge in [-0.1, -0.05) is 36.4 Å². The van der Waals surface area contributed by atoms with E-state index in [2.05, 4.69) is 10.3 Å². The van der Waals surface area contributed by atoms with Gasteiger partial charge >= 0.3 is 0 Å². The van der Waals surface area contributed by atoms with E-state index in [1.165, 1.54) is 0 Å². The maximum absolute atomic E-state index is 4.15. The predicted molar refractivity (Wildman–Crippen MR) is 67.6 cm³/mol. The first kappa shape index (κ1) is 9.84. The van der Waals surface area contributed by atoms with Crippen molar-refractivity contribution >= 4 is 11.4 Å². The summed E-state index contributed by atoms with van der Waals surface area (Å²) >= 11 is 0. The monoisotopic (exact) mass is 224 g/mol. The first-order valence-electron chi connectivity index (χ1n) is 5.50. The fourth-order valence-electron chi connectivity index (χ4n) is 1.80. The van der Waals surface area contributed by atoms with E-state index in [9.17, 15) is 0 Å². The Bertz CT molecular complexity index is 509. The average molecular weight is 224 g/mol. The zero-order valence-corrected chi connectivity index (χ0v) is 9.27. The minimum Gasteiger partial charge on any atom is -0.240 e. The fraction of sp³-hybridized carbons (Fsp3) is 0.0769. The smallest absolute Gasteiger partial charge is 0.154 e. The van der Waals surface area contributed by atoms with E-state index in [4.69, 9.17) is 0 Å². The van der Waals surface area contributed by atoms with Crippen LogP contribution in [0.4, 0.5) is 11.4 Å². The number of hydrazine groups is 1. The Labute approximate surface area is 99.8 Å². The number of anilines is 2. The molecule has 4 nitrogen and oxygen atoms in total. The number of rotatable bonds is 2. The second kappa shape index (κ2) is 4.25. The summed E-state index contributed by atoms with van der Waals surface area (Å²) in [4.78, 5) is 0. The molecule has 17 heavy (non-hydrogen) atoms. The molecule has 3 rings (SSSR count). The van der Waals surface area contributed by atoms with Gasteiger partial charge in [0.05, 0.1) is 11.4 Å². The summed E-state index contributed by atoms with van der Waals surface area (Å²) in [5.41, 5.74) is 2.10. The van der Waals surface area contributed by atoms with Crippen LogP contribution in [0.15, 0.2) is 71.0 Å². The highest BCUT2D eigenvalue weighted by Crippen LogP contribution is 2.25. The third-order valence-electron chi connectivity index (χ3n) is 2.62. The molecule has 0 aliphatic carbocycles. The summed E-state index contributed by atoms with van der Waals surface area (Å²) in [6, 6.07) is 20.1. The zero-order valence-electron chi connectivity index (χ0n) is 9.27. The highest BCUT2D eigenvalue weighted by Gasteiger charge is 2.20. The number of nitrogens with zero attached hydrogens (tertiary/aromatic N) is 4. The van der Waals surface area contributed by atoms with Gasteiger partial charge in [-0.15, -0.1) is 5.11 Å². The number of hydrogen-bond acceptors (Lipinski definition) is 4. The summed E-state index contributed by atoms with van der Waals surface area (Å²) in [5.74, 6) is 0. The Hall–Kier alpha value is -2.36. The van der Waals surface area contributed by atoms with Gasteiger partial charge in [0, 0.05) is 0 Å². The molecule has 0 radical (unpaired) electrons. The summed E-state index contributed by atoms with van der Waals surface area (Å²) in [6.45, 7) is 0.554. The van der Waals surface area contributed by atoms with Crippen molar-refractivity contribution in [1.29, 1.82) is 0 Å². The van der Waals surface area contributed by atoms with Crippen molar-refractivity contribution in [3.05, 3.63) is 60.7 Å². The number of benzene rings is 2. The highest BCUT2D eigenvalue weighted by atomic mass is 15.9. The van der Waals surface area contributed by atoms with E-state index >= 15 is 0 Å². The Balaban J connectivity index is 1.93. The van der Waals surface area contributed by atoms with E-state index in [-0.39, 0.29) is 0 Å². The van der Waals surface area contributed by atoms with Gasteiger partial charge < -0.3 is 0 Å². The molecule has 0 saturated carbocycles. The minimum absolute atomic E-state index is 0.554. The molecule has 84 valence electrons. The van der Waals surface area contributed by atoms with Crippen LogP contribution in [0.3, 0.4) is 0 Å². The van der Waals surface area contributed by atoms with Gasteiger partial charge in [0.25, 0.3) is 0 Å². The van der Waals surface area contributed by atoms with Crippen molar-refractivity contribution < 1.29 is 0 Å². The Kier molecular flexibility index (Phi) is 2.46. The molecular formula is C13H12N4. The maximum atomic E-state index is 4.15. The summed E-state index contributed by atoms with van der Waals surface area (Å²) in [5, 5.41) is 12.1. The van der Waals surface area contributed by atoms with Crippen molar-refractivity contribution in [1.82, 2.24) is 0 Å². The van der Waals surface area contributed by atoms with Crippen molar-refractivity contribution in [2.45, 2.75) is 0 Å². The number of hydrogen-bond donors (Lipinski definition) is 0. The van der Waals surface area contributed by atoms with E-state index in [0.717, 1.165) is 11.4 Å². The largest absolute Gasteiger partial charge is 0.240 e. The zero-order chi connectivity index (χ0) is 11.5. The normalized spacial score (nSPS) is 14.4. The van der Waals surface area contributed by atoms with Crippen LogP contribution < -0.4 is 10.1 Å². The molecule has 0 aromatic heterocycles. The molecule has 0 bridgehead atoms. The molecule has 4 heteroatoms. The van der Waals surface area contributed by atoms with Crippen molar-refractivity contribution in [3.63, 3.8) is 0 Å². The Morgan fingerprint density at radius 3 is 2.00 bits per heavy atom.